The first kappa shape index (κ1) is 17.2. The predicted molar refractivity (Wildman–Crippen MR) is 89.0 cm³/mol. The fraction of sp³-hybridized carbons (Fsp3) is 0.667. The summed E-state index contributed by atoms with van der Waals surface area (Å²) in [4.78, 5) is 2.54. The van der Waals surface area contributed by atoms with Gasteiger partial charge in [0.05, 0.1) is 0 Å². The maximum atomic E-state index is 3.51. The molecule has 0 saturated carbocycles. The minimum absolute atomic E-state index is 0.289. The van der Waals surface area contributed by atoms with Crippen molar-refractivity contribution in [2.24, 2.45) is 5.41 Å². The lowest BCUT2D eigenvalue weighted by atomic mass is 9.85. The molecule has 0 amide bonds. The second kappa shape index (κ2) is 7.24. The van der Waals surface area contributed by atoms with Crippen molar-refractivity contribution >= 4 is 0 Å². The van der Waals surface area contributed by atoms with Crippen LogP contribution >= 0.6 is 0 Å². The minimum atomic E-state index is 0.289. The maximum Gasteiger partial charge on any atom is 0.0475 e. The summed E-state index contributed by atoms with van der Waals surface area (Å²) in [5, 5.41) is 3.51. The molecule has 0 fully saturated rings. The minimum Gasteiger partial charge on any atom is -0.312 e. The number of nitrogens with zero attached hydrogens (tertiary/aromatic N) is 1. The molecule has 1 rings (SSSR count). The van der Waals surface area contributed by atoms with Crippen LogP contribution in [0.25, 0.3) is 0 Å². The molecule has 0 bridgehead atoms. The molecular weight excluding hydrogens is 244 g/mol. The first-order valence-corrected chi connectivity index (χ1v) is 7.77. The molecule has 3 unspecified atom stereocenters. The SMILES string of the molecule is CCC(C(NC)c1ccccc1)N(C)C(C)C(C)(C)C. The van der Waals surface area contributed by atoms with Crippen LogP contribution in [0.5, 0.6) is 0 Å². The quantitative estimate of drug-likeness (QED) is 0.842. The highest BCUT2D eigenvalue weighted by Gasteiger charge is 2.31. The molecule has 1 aromatic rings. The summed E-state index contributed by atoms with van der Waals surface area (Å²) in [7, 11) is 4.33. The van der Waals surface area contributed by atoms with Crippen LogP contribution in [0, 0.1) is 5.41 Å². The van der Waals surface area contributed by atoms with Crippen LogP contribution in [0.4, 0.5) is 0 Å². The Labute approximate surface area is 125 Å². The smallest absolute Gasteiger partial charge is 0.0475 e. The lowest BCUT2D eigenvalue weighted by Crippen LogP contribution is -2.49. The largest absolute Gasteiger partial charge is 0.312 e. The van der Waals surface area contributed by atoms with Gasteiger partial charge < -0.3 is 5.32 Å². The fourth-order valence-electron chi connectivity index (χ4n) is 2.90. The summed E-state index contributed by atoms with van der Waals surface area (Å²) in [5.41, 5.74) is 1.66. The molecule has 20 heavy (non-hydrogen) atoms. The molecule has 0 heterocycles. The zero-order valence-corrected chi connectivity index (χ0v) is 14.3. The van der Waals surface area contributed by atoms with E-state index in [4.69, 9.17) is 0 Å². The van der Waals surface area contributed by atoms with Crippen LogP contribution in [-0.2, 0) is 0 Å². The monoisotopic (exact) mass is 276 g/mol. The number of rotatable bonds is 6. The first-order chi connectivity index (χ1) is 9.32. The van der Waals surface area contributed by atoms with Gasteiger partial charge in [0, 0.05) is 18.1 Å². The highest BCUT2D eigenvalue weighted by molar-refractivity contribution is 5.20. The van der Waals surface area contributed by atoms with E-state index in [0.29, 0.717) is 18.1 Å². The topological polar surface area (TPSA) is 15.3 Å². The maximum absolute atomic E-state index is 3.51. The van der Waals surface area contributed by atoms with Crippen molar-refractivity contribution in [2.45, 2.75) is 59.2 Å². The zero-order valence-electron chi connectivity index (χ0n) is 14.3. The third-order valence-corrected chi connectivity index (χ3v) is 4.66. The molecule has 114 valence electrons. The summed E-state index contributed by atoms with van der Waals surface area (Å²) in [6.07, 6.45) is 1.14. The fourth-order valence-corrected chi connectivity index (χ4v) is 2.90. The Kier molecular flexibility index (Phi) is 6.22. The average Bonchev–Trinajstić information content (AvgIpc) is 2.43. The van der Waals surface area contributed by atoms with Crippen molar-refractivity contribution in [3.05, 3.63) is 35.9 Å². The molecule has 1 aromatic carbocycles. The zero-order chi connectivity index (χ0) is 15.3. The van der Waals surface area contributed by atoms with Crippen molar-refractivity contribution in [2.75, 3.05) is 14.1 Å². The van der Waals surface area contributed by atoms with E-state index in [1.165, 1.54) is 5.56 Å². The normalized spacial score (nSPS) is 17.0. The lowest BCUT2D eigenvalue weighted by molar-refractivity contribution is 0.0760. The average molecular weight is 276 g/mol. The van der Waals surface area contributed by atoms with E-state index in [1.54, 1.807) is 0 Å². The van der Waals surface area contributed by atoms with Crippen LogP contribution in [0.2, 0.25) is 0 Å². The van der Waals surface area contributed by atoms with Crippen molar-refractivity contribution in [1.29, 1.82) is 0 Å². The van der Waals surface area contributed by atoms with Gasteiger partial charge in [-0.2, -0.15) is 0 Å². The van der Waals surface area contributed by atoms with E-state index < -0.39 is 0 Å². The number of hydrogen-bond acceptors (Lipinski definition) is 2. The molecule has 0 aliphatic heterocycles. The Morgan fingerprint density at radius 3 is 2.10 bits per heavy atom. The molecule has 3 atom stereocenters. The summed E-state index contributed by atoms with van der Waals surface area (Å²) < 4.78 is 0. The molecule has 0 spiro atoms. The molecule has 2 heteroatoms. The Hall–Kier alpha value is -0.860. The summed E-state index contributed by atoms with van der Waals surface area (Å²) in [5.74, 6) is 0. The Morgan fingerprint density at radius 1 is 1.15 bits per heavy atom. The van der Waals surface area contributed by atoms with Crippen LogP contribution in [-0.4, -0.2) is 31.1 Å². The van der Waals surface area contributed by atoms with E-state index >= 15 is 0 Å². The Balaban J connectivity index is 2.98. The van der Waals surface area contributed by atoms with Gasteiger partial charge in [-0.3, -0.25) is 4.90 Å². The Morgan fingerprint density at radius 2 is 1.70 bits per heavy atom. The van der Waals surface area contributed by atoms with Crippen molar-refractivity contribution < 1.29 is 0 Å². The molecule has 2 nitrogen and oxygen atoms in total. The molecule has 0 radical (unpaired) electrons. The van der Waals surface area contributed by atoms with Gasteiger partial charge in [0.15, 0.2) is 0 Å². The Bertz CT molecular complexity index is 380. The number of nitrogens with one attached hydrogen (secondary N) is 1. The second-order valence-electron chi connectivity index (χ2n) is 6.86. The molecule has 0 aliphatic carbocycles. The summed E-state index contributed by atoms with van der Waals surface area (Å²) in [6, 6.07) is 12.2. The lowest BCUT2D eigenvalue weighted by Gasteiger charge is -2.43. The summed E-state index contributed by atoms with van der Waals surface area (Å²) in [6.45, 7) is 11.6. The third kappa shape index (κ3) is 4.07. The highest BCUT2D eigenvalue weighted by Crippen LogP contribution is 2.30. The van der Waals surface area contributed by atoms with Gasteiger partial charge in [-0.25, -0.2) is 0 Å². The van der Waals surface area contributed by atoms with E-state index in [1.807, 2.05) is 0 Å². The van der Waals surface area contributed by atoms with Crippen molar-refractivity contribution in [3.63, 3.8) is 0 Å². The van der Waals surface area contributed by atoms with E-state index in [9.17, 15) is 0 Å². The summed E-state index contributed by atoms with van der Waals surface area (Å²) >= 11 is 0. The van der Waals surface area contributed by atoms with Crippen LogP contribution in [0.1, 0.15) is 52.6 Å². The second-order valence-corrected chi connectivity index (χ2v) is 6.86. The molecule has 0 aromatic heterocycles. The van der Waals surface area contributed by atoms with Crippen LogP contribution in [0.3, 0.4) is 0 Å². The number of hydrogen-bond donors (Lipinski definition) is 1. The highest BCUT2D eigenvalue weighted by atomic mass is 15.2. The standard InChI is InChI=1S/C18H32N2/c1-8-16(20(7)14(2)18(3,4)5)17(19-6)15-12-10-9-11-13-15/h9-14,16-17,19H,8H2,1-7H3. The first-order valence-electron chi connectivity index (χ1n) is 7.77. The van der Waals surface area contributed by atoms with Crippen LogP contribution < -0.4 is 5.32 Å². The molecule has 0 aliphatic rings. The van der Waals surface area contributed by atoms with E-state index in [0.717, 1.165) is 6.42 Å². The van der Waals surface area contributed by atoms with Gasteiger partial charge in [0.2, 0.25) is 0 Å². The number of likely N-dealkylation sites (N-methyl/N-ethyl adjacent to an activating group) is 2. The van der Waals surface area contributed by atoms with Crippen LogP contribution in [0.15, 0.2) is 30.3 Å². The number of benzene rings is 1. The van der Waals surface area contributed by atoms with Gasteiger partial charge in [-0.15, -0.1) is 0 Å². The van der Waals surface area contributed by atoms with Gasteiger partial charge >= 0.3 is 0 Å². The third-order valence-electron chi connectivity index (χ3n) is 4.66. The van der Waals surface area contributed by atoms with E-state index in [-0.39, 0.29) is 5.41 Å². The predicted octanol–water partition coefficient (Wildman–Crippen LogP) is 4.09. The van der Waals surface area contributed by atoms with E-state index in [2.05, 4.69) is 89.3 Å². The molecule has 1 N–H and O–H groups in total. The molecular formula is C18H32N2. The van der Waals surface area contributed by atoms with Gasteiger partial charge in [0.25, 0.3) is 0 Å². The molecule has 0 saturated heterocycles. The van der Waals surface area contributed by atoms with Gasteiger partial charge in [-0.1, -0.05) is 58.0 Å². The van der Waals surface area contributed by atoms with Gasteiger partial charge in [0.1, 0.15) is 0 Å². The van der Waals surface area contributed by atoms with Crippen molar-refractivity contribution in [1.82, 2.24) is 10.2 Å². The van der Waals surface area contributed by atoms with Crippen molar-refractivity contribution in [3.8, 4) is 0 Å². The van der Waals surface area contributed by atoms with Gasteiger partial charge in [-0.05, 0) is 38.4 Å².